The second-order valence-corrected chi connectivity index (χ2v) is 5.94. The Hall–Kier alpha value is -1.52. The average Bonchev–Trinajstić information content (AvgIpc) is 2.95. The van der Waals surface area contributed by atoms with E-state index in [2.05, 4.69) is 17.6 Å². The Labute approximate surface area is 136 Å². The van der Waals surface area contributed by atoms with Crippen molar-refractivity contribution in [1.29, 1.82) is 0 Å². The summed E-state index contributed by atoms with van der Waals surface area (Å²) < 4.78 is 0. The molecule has 3 N–H and O–H groups in total. The molecule has 0 radical (unpaired) electrons. The van der Waals surface area contributed by atoms with Gasteiger partial charge in [0, 0.05) is 23.6 Å². The molecule has 4 nitrogen and oxygen atoms in total. The van der Waals surface area contributed by atoms with Gasteiger partial charge in [0.25, 0.3) is 0 Å². The van der Waals surface area contributed by atoms with Crippen LogP contribution in [0, 0.1) is 5.92 Å². The zero-order valence-corrected chi connectivity index (χ0v) is 13.8. The molecule has 120 valence electrons. The number of halogens is 1. The van der Waals surface area contributed by atoms with Crippen LogP contribution in [0.4, 0.5) is 10.5 Å². The van der Waals surface area contributed by atoms with Crippen LogP contribution in [0.5, 0.6) is 0 Å². The van der Waals surface area contributed by atoms with Gasteiger partial charge in [-0.15, -0.1) is 0 Å². The summed E-state index contributed by atoms with van der Waals surface area (Å²) in [5.41, 5.74) is 2.86. The van der Waals surface area contributed by atoms with Crippen molar-refractivity contribution < 1.29 is 9.90 Å². The minimum Gasteiger partial charge on any atom is -0.396 e. The van der Waals surface area contributed by atoms with E-state index in [1.54, 1.807) is 0 Å². The van der Waals surface area contributed by atoms with Gasteiger partial charge in [-0.3, -0.25) is 0 Å². The molecule has 1 aliphatic carbocycles. The molecule has 5 heteroatoms. The van der Waals surface area contributed by atoms with E-state index in [9.17, 15) is 4.79 Å². The fourth-order valence-electron chi connectivity index (χ4n) is 2.80. The van der Waals surface area contributed by atoms with Gasteiger partial charge in [0.1, 0.15) is 0 Å². The molecule has 0 bridgehead atoms. The first-order chi connectivity index (χ1) is 10.6. The summed E-state index contributed by atoms with van der Waals surface area (Å²) in [6, 6.07) is 3.56. The summed E-state index contributed by atoms with van der Waals surface area (Å²) in [4.78, 5) is 12.2. The molecule has 1 aliphatic rings. The summed E-state index contributed by atoms with van der Waals surface area (Å²) >= 11 is 6.24. The van der Waals surface area contributed by atoms with Crippen LogP contribution in [0.15, 0.2) is 24.3 Å². The van der Waals surface area contributed by atoms with Crippen LogP contribution in [0.25, 0.3) is 0 Å². The summed E-state index contributed by atoms with van der Waals surface area (Å²) in [5.74, 6) is 0.133. The molecule has 0 aliphatic heterocycles. The maximum atomic E-state index is 12.2. The van der Waals surface area contributed by atoms with E-state index in [4.69, 9.17) is 16.7 Å². The highest BCUT2D eigenvalue weighted by Gasteiger charge is 2.20. The predicted molar refractivity (Wildman–Crippen MR) is 90.5 cm³/mol. The largest absolute Gasteiger partial charge is 0.396 e. The first-order valence-electron chi connectivity index (χ1n) is 7.75. The highest BCUT2D eigenvalue weighted by atomic mass is 35.5. The maximum Gasteiger partial charge on any atom is 0.319 e. The number of urea groups is 1. The van der Waals surface area contributed by atoms with Crippen LogP contribution in [0.1, 0.15) is 31.4 Å². The lowest BCUT2D eigenvalue weighted by Gasteiger charge is -2.18. The van der Waals surface area contributed by atoms with Gasteiger partial charge >= 0.3 is 6.03 Å². The molecule has 0 fully saturated rings. The van der Waals surface area contributed by atoms with E-state index in [0.29, 0.717) is 5.02 Å². The molecular formula is C17H23ClN2O2. The van der Waals surface area contributed by atoms with Gasteiger partial charge in [-0.25, -0.2) is 4.79 Å². The minimum atomic E-state index is -0.236. The van der Waals surface area contributed by atoms with E-state index >= 15 is 0 Å². The number of hydrogen-bond donors (Lipinski definition) is 3. The quantitative estimate of drug-likeness (QED) is 0.726. The van der Waals surface area contributed by atoms with Crippen molar-refractivity contribution in [2.75, 3.05) is 11.9 Å². The van der Waals surface area contributed by atoms with Gasteiger partial charge in [0.05, 0.1) is 5.69 Å². The predicted octanol–water partition coefficient (Wildman–Crippen LogP) is 3.52. The van der Waals surface area contributed by atoms with E-state index in [0.717, 1.165) is 36.1 Å². The lowest BCUT2D eigenvalue weighted by molar-refractivity contribution is 0.238. The number of rotatable bonds is 5. The van der Waals surface area contributed by atoms with E-state index in [-0.39, 0.29) is 24.6 Å². The number of aryl methyl sites for hydroxylation is 1. The Morgan fingerprint density at radius 3 is 2.68 bits per heavy atom. The Balaban J connectivity index is 2.08. The lowest BCUT2D eigenvalue weighted by atomic mass is 10.0. The van der Waals surface area contributed by atoms with Crippen LogP contribution >= 0.6 is 11.6 Å². The molecule has 0 spiro atoms. The third-order valence-electron chi connectivity index (χ3n) is 4.04. The maximum absolute atomic E-state index is 12.2. The molecule has 2 rings (SSSR count). The standard InChI is InChI=1S/C17H23ClN2O2/c1-3-12-6-8-15(18)14(4-2)16(12)20-17(22)19-13-7-5-11(9-13)10-21/h5-8,11,13,21H,3-4,9-10H2,1-2H3,(H2,19,20,22)/t11-,13+/m0/s1. The zero-order chi connectivity index (χ0) is 16.1. The average molecular weight is 323 g/mol. The highest BCUT2D eigenvalue weighted by molar-refractivity contribution is 6.31. The molecule has 0 unspecified atom stereocenters. The van der Waals surface area contributed by atoms with Crippen molar-refractivity contribution in [3.05, 3.63) is 40.4 Å². The number of hydrogen-bond acceptors (Lipinski definition) is 2. The fourth-order valence-corrected chi connectivity index (χ4v) is 3.09. The Kier molecular flexibility index (Phi) is 5.86. The minimum absolute atomic E-state index is 0.0357. The number of aliphatic hydroxyl groups is 1. The smallest absolute Gasteiger partial charge is 0.319 e. The van der Waals surface area contributed by atoms with E-state index in [1.807, 2.05) is 31.2 Å². The highest BCUT2D eigenvalue weighted by Crippen LogP contribution is 2.29. The number of carbonyl (C=O) groups is 1. The zero-order valence-electron chi connectivity index (χ0n) is 13.0. The number of amides is 2. The van der Waals surface area contributed by atoms with Crippen LogP contribution in [-0.4, -0.2) is 23.8 Å². The number of carbonyl (C=O) groups excluding carboxylic acids is 1. The van der Waals surface area contributed by atoms with E-state index < -0.39 is 0 Å². The Morgan fingerprint density at radius 1 is 1.32 bits per heavy atom. The molecule has 22 heavy (non-hydrogen) atoms. The molecule has 0 heterocycles. The van der Waals surface area contributed by atoms with Crippen molar-refractivity contribution >= 4 is 23.3 Å². The summed E-state index contributed by atoms with van der Waals surface area (Å²) in [6.45, 7) is 4.19. The Morgan fingerprint density at radius 2 is 2.09 bits per heavy atom. The third-order valence-corrected chi connectivity index (χ3v) is 4.39. The molecule has 0 saturated carbocycles. The van der Waals surface area contributed by atoms with Crippen molar-refractivity contribution in [3.8, 4) is 0 Å². The summed E-state index contributed by atoms with van der Waals surface area (Å²) in [7, 11) is 0. The number of benzene rings is 1. The molecular weight excluding hydrogens is 300 g/mol. The molecule has 2 atom stereocenters. The number of nitrogens with one attached hydrogen (secondary N) is 2. The van der Waals surface area contributed by atoms with Gasteiger partial charge in [0.2, 0.25) is 0 Å². The molecule has 1 aromatic rings. The topological polar surface area (TPSA) is 61.4 Å². The van der Waals surface area contributed by atoms with E-state index in [1.165, 1.54) is 0 Å². The first-order valence-corrected chi connectivity index (χ1v) is 8.13. The normalized spacial score (nSPS) is 20.2. The second-order valence-electron chi connectivity index (χ2n) is 5.54. The van der Waals surface area contributed by atoms with Gasteiger partial charge in [0.15, 0.2) is 0 Å². The van der Waals surface area contributed by atoms with Crippen LogP contribution in [-0.2, 0) is 12.8 Å². The molecule has 0 saturated heterocycles. The van der Waals surface area contributed by atoms with Crippen molar-refractivity contribution in [2.24, 2.45) is 5.92 Å². The fraction of sp³-hybridized carbons (Fsp3) is 0.471. The van der Waals surface area contributed by atoms with Crippen molar-refractivity contribution in [1.82, 2.24) is 5.32 Å². The summed E-state index contributed by atoms with van der Waals surface area (Å²) in [5, 5.41) is 15.7. The van der Waals surface area contributed by atoms with Crippen molar-refractivity contribution in [3.63, 3.8) is 0 Å². The molecule has 2 amide bonds. The van der Waals surface area contributed by atoms with Gasteiger partial charge < -0.3 is 15.7 Å². The van der Waals surface area contributed by atoms with Crippen molar-refractivity contribution in [2.45, 2.75) is 39.2 Å². The van der Waals surface area contributed by atoms with Crippen LogP contribution in [0.2, 0.25) is 5.02 Å². The molecule has 0 aromatic heterocycles. The van der Waals surface area contributed by atoms with Crippen LogP contribution < -0.4 is 10.6 Å². The third kappa shape index (κ3) is 3.81. The summed E-state index contributed by atoms with van der Waals surface area (Å²) in [6.07, 6.45) is 6.20. The van der Waals surface area contributed by atoms with Crippen LogP contribution in [0.3, 0.4) is 0 Å². The molecule has 1 aromatic carbocycles. The van der Waals surface area contributed by atoms with Gasteiger partial charge in [-0.1, -0.05) is 43.7 Å². The SMILES string of the molecule is CCc1ccc(Cl)c(CC)c1NC(=O)N[C@@H]1C=C[C@H](CO)C1. The monoisotopic (exact) mass is 322 g/mol. The first kappa shape index (κ1) is 16.8. The van der Waals surface area contributed by atoms with Gasteiger partial charge in [-0.05, 0) is 36.5 Å². The van der Waals surface area contributed by atoms with Gasteiger partial charge in [-0.2, -0.15) is 0 Å². The second kappa shape index (κ2) is 7.65. The Bertz CT molecular complexity index is 572. The lowest BCUT2D eigenvalue weighted by Crippen LogP contribution is -2.36. The number of aliphatic hydroxyl groups excluding tert-OH is 1. The number of anilines is 1.